The third-order valence-electron chi connectivity index (χ3n) is 3.78. The van der Waals surface area contributed by atoms with Gasteiger partial charge in [-0.05, 0) is 25.3 Å². The molecule has 0 radical (unpaired) electrons. The second-order valence-corrected chi connectivity index (χ2v) is 5.26. The largest absolute Gasteiger partial charge is 0.458 e. The molecule has 1 aliphatic carbocycles. The summed E-state index contributed by atoms with van der Waals surface area (Å²) in [5, 5.41) is 19.6. The number of aliphatic hydroxyl groups excluding tert-OH is 2. The van der Waals surface area contributed by atoms with Crippen LogP contribution in [0.15, 0.2) is 35.5 Å². The number of hydrogen-bond acceptors (Lipinski definition) is 4. The predicted octanol–water partition coefficient (Wildman–Crippen LogP) is 1.49. The van der Waals surface area contributed by atoms with E-state index in [1.807, 2.05) is 13.0 Å². The van der Waals surface area contributed by atoms with Crippen LogP contribution in [-0.2, 0) is 9.53 Å². The molecule has 0 spiro atoms. The Morgan fingerprint density at radius 3 is 2.95 bits per heavy atom. The Morgan fingerprint density at radius 1 is 1.53 bits per heavy atom. The molecule has 0 unspecified atom stereocenters. The van der Waals surface area contributed by atoms with E-state index in [9.17, 15) is 15.0 Å². The van der Waals surface area contributed by atoms with Crippen LogP contribution in [0.3, 0.4) is 0 Å². The quantitative estimate of drug-likeness (QED) is 0.428. The number of rotatable bonds is 1. The number of aliphatic hydroxyl groups is 2. The highest BCUT2D eigenvalue weighted by Crippen LogP contribution is 2.34. The summed E-state index contributed by atoms with van der Waals surface area (Å²) in [7, 11) is 0. The van der Waals surface area contributed by atoms with E-state index in [1.165, 1.54) is 0 Å². The van der Waals surface area contributed by atoms with Crippen LogP contribution in [0.4, 0.5) is 0 Å². The second kappa shape index (κ2) is 5.72. The van der Waals surface area contributed by atoms with Gasteiger partial charge in [0, 0.05) is 12.0 Å². The van der Waals surface area contributed by atoms with Crippen LogP contribution >= 0.6 is 0 Å². The van der Waals surface area contributed by atoms with Crippen molar-refractivity contribution in [1.82, 2.24) is 0 Å². The van der Waals surface area contributed by atoms with Crippen molar-refractivity contribution in [2.45, 2.75) is 38.4 Å². The Kier molecular flexibility index (Phi) is 4.22. The van der Waals surface area contributed by atoms with Gasteiger partial charge in [-0.15, -0.1) is 0 Å². The maximum Gasteiger partial charge on any atom is 0.334 e. The zero-order valence-electron chi connectivity index (χ0n) is 11.1. The van der Waals surface area contributed by atoms with Gasteiger partial charge in [-0.25, -0.2) is 4.79 Å². The summed E-state index contributed by atoms with van der Waals surface area (Å²) < 4.78 is 5.27. The van der Waals surface area contributed by atoms with Crippen molar-refractivity contribution in [1.29, 1.82) is 0 Å². The van der Waals surface area contributed by atoms with E-state index in [4.69, 9.17) is 4.74 Å². The SMILES string of the molecule is C=C1C(=O)O[C@@H]2C/C(CO)=C\CC/C(C)=C/[C@@H](O)[C@H]12. The number of esters is 1. The fraction of sp³-hybridized carbons (Fsp3) is 0.533. The number of hydrogen-bond donors (Lipinski definition) is 2. The highest BCUT2D eigenvalue weighted by atomic mass is 16.6. The smallest absolute Gasteiger partial charge is 0.334 e. The van der Waals surface area contributed by atoms with Crippen LogP contribution in [0.5, 0.6) is 0 Å². The number of fused-ring (bicyclic) bond motifs is 1. The molecule has 2 rings (SSSR count). The average Bonchev–Trinajstić information content (AvgIpc) is 2.63. The van der Waals surface area contributed by atoms with E-state index in [1.54, 1.807) is 6.08 Å². The van der Waals surface area contributed by atoms with Gasteiger partial charge in [-0.2, -0.15) is 0 Å². The summed E-state index contributed by atoms with van der Waals surface area (Å²) in [5.41, 5.74) is 2.23. The Bertz CT molecular complexity index is 447. The standard InChI is InChI=1S/C15H20O4/c1-9-4-3-5-11(8-16)7-13-14(12(17)6-9)10(2)15(18)19-13/h5-6,12-14,16-17H,2-4,7-8H2,1H3/b9-6+,11-5+/t12-,13-,14+/m1/s1. The monoisotopic (exact) mass is 264 g/mol. The average molecular weight is 264 g/mol. The second-order valence-electron chi connectivity index (χ2n) is 5.26. The van der Waals surface area contributed by atoms with E-state index < -0.39 is 24.1 Å². The molecule has 0 bridgehead atoms. The molecule has 1 fully saturated rings. The molecule has 0 amide bonds. The van der Waals surface area contributed by atoms with Crippen LogP contribution < -0.4 is 0 Å². The topological polar surface area (TPSA) is 66.8 Å². The summed E-state index contributed by atoms with van der Waals surface area (Å²) in [6, 6.07) is 0. The van der Waals surface area contributed by atoms with E-state index in [-0.39, 0.29) is 6.61 Å². The molecule has 1 aliphatic heterocycles. The van der Waals surface area contributed by atoms with Gasteiger partial charge in [0.05, 0.1) is 18.6 Å². The number of carbonyl (C=O) groups excluding carboxylic acids is 1. The fourth-order valence-corrected chi connectivity index (χ4v) is 2.69. The van der Waals surface area contributed by atoms with Gasteiger partial charge >= 0.3 is 5.97 Å². The van der Waals surface area contributed by atoms with Gasteiger partial charge in [-0.1, -0.05) is 24.3 Å². The number of ether oxygens (including phenoxy) is 1. The number of allylic oxidation sites excluding steroid dienone is 2. The molecular formula is C15H20O4. The van der Waals surface area contributed by atoms with Gasteiger partial charge in [0.1, 0.15) is 6.10 Å². The van der Waals surface area contributed by atoms with Gasteiger partial charge in [0.25, 0.3) is 0 Å². The van der Waals surface area contributed by atoms with Crippen molar-refractivity contribution in [3.8, 4) is 0 Å². The number of carbonyl (C=O) groups is 1. The van der Waals surface area contributed by atoms with Crippen molar-refractivity contribution in [2.75, 3.05) is 6.61 Å². The van der Waals surface area contributed by atoms with Crippen LogP contribution in [0.2, 0.25) is 0 Å². The molecule has 0 aromatic carbocycles. The molecule has 1 saturated heterocycles. The molecule has 104 valence electrons. The summed E-state index contributed by atoms with van der Waals surface area (Å²) in [4.78, 5) is 11.6. The minimum atomic E-state index is -0.762. The lowest BCUT2D eigenvalue weighted by atomic mass is 9.86. The molecule has 4 nitrogen and oxygen atoms in total. The Morgan fingerprint density at radius 2 is 2.26 bits per heavy atom. The molecule has 0 saturated carbocycles. The Hall–Kier alpha value is -1.39. The first-order valence-corrected chi connectivity index (χ1v) is 6.57. The van der Waals surface area contributed by atoms with Gasteiger partial charge in [0.2, 0.25) is 0 Å². The molecule has 0 aromatic rings. The third kappa shape index (κ3) is 2.96. The lowest BCUT2D eigenvalue weighted by Gasteiger charge is -2.23. The van der Waals surface area contributed by atoms with E-state index in [2.05, 4.69) is 6.58 Å². The minimum Gasteiger partial charge on any atom is -0.458 e. The van der Waals surface area contributed by atoms with Crippen molar-refractivity contribution in [2.24, 2.45) is 5.92 Å². The van der Waals surface area contributed by atoms with E-state index in [0.717, 1.165) is 24.0 Å². The molecule has 0 aromatic heterocycles. The third-order valence-corrected chi connectivity index (χ3v) is 3.78. The summed E-state index contributed by atoms with van der Waals surface area (Å²) in [6.45, 7) is 5.63. The summed E-state index contributed by atoms with van der Waals surface area (Å²) in [6.07, 6.45) is 4.67. The Labute approximate surface area is 113 Å². The first kappa shape index (κ1) is 14.0. The molecule has 19 heavy (non-hydrogen) atoms. The highest BCUT2D eigenvalue weighted by Gasteiger charge is 2.42. The summed E-state index contributed by atoms with van der Waals surface area (Å²) in [5.74, 6) is -0.868. The lowest BCUT2D eigenvalue weighted by molar-refractivity contribution is -0.139. The summed E-state index contributed by atoms with van der Waals surface area (Å²) >= 11 is 0. The predicted molar refractivity (Wildman–Crippen MR) is 71.3 cm³/mol. The molecular weight excluding hydrogens is 244 g/mol. The van der Waals surface area contributed by atoms with Crippen molar-refractivity contribution in [3.63, 3.8) is 0 Å². The molecule has 3 atom stereocenters. The van der Waals surface area contributed by atoms with E-state index >= 15 is 0 Å². The first-order valence-electron chi connectivity index (χ1n) is 6.57. The molecule has 2 aliphatic rings. The maximum absolute atomic E-state index is 11.6. The van der Waals surface area contributed by atoms with Gasteiger partial charge < -0.3 is 14.9 Å². The highest BCUT2D eigenvalue weighted by molar-refractivity contribution is 5.91. The molecule has 2 N–H and O–H groups in total. The maximum atomic E-state index is 11.6. The van der Waals surface area contributed by atoms with E-state index in [0.29, 0.717) is 12.0 Å². The fourth-order valence-electron chi connectivity index (χ4n) is 2.69. The zero-order valence-corrected chi connectivity index (χ0v) is 11.1. The van der Waals surface area contributed by atoms with Gasteiger partial charge in [0.15, 0.2) is 0 Å². The van der Waals surface area contributed by atoms with Gasteiger partial charge in [-0.3, -0.25) is 0 Å². The Balaban J connectivity index is 2.33. The van der Waals surface area contributed by atoms with Crippen molar-refractivity contribution in [3.05, 3.63) is 35.5 Å². The van der Waals surface area contributed by atoms with Crippen molar-refractivity contribution >= 4 is 5.97 Å². The van der Waals surface area contributed by atoms with Crippen LogP contribution in [0, 0.1) is 5.92 Å². The normalized spacial score (nSPS) is 37.7. The minimum absolute atomic E-state index is 0.0495. The van der Waals surface area contributed by atoms with Crippen molar-refractivity contribution < 1.29 is 19.7 Å². The van der Waals surface area contributed by atoms with Crippen LogP contribution in [-0.4, -0.2) is 35.0 Å². The molecule has 4 heteroatoms. The van der Waals surface area contributed by atoms with Crippen LogP contribution in [0.25, 0.3) is 0 Å². The first-order chi connectivity index (χ1) is 9.02. The molecule has 1 heterocycles. The lowest BCUT2D eigenvalue weighted by Crippen LogP contribution is -2.29. The van der Waals surface area contributed by atoms with Crippen LogP contribution in [0.1, 0.15) is 26.2 Å². The zero-order chi connectivity index (χ0) is 14.0.